The molecule has 0 spiro atoms. The highest BCUT2D eigenvalue weighted by Gasteiger charge is 2.51. The number of hydrogen-bond acceptors (Lipinski definition) is 13. The first-order chi connectivity index (χ1) is 41.6. The van der Waals surface area contributed by atoms with Crippen molar-refractivity contribution < 1.29 is 64.6 Å². The molecule has 0 bridgehead atoms. The van der Waals surface area contributed by atoms with Crippen LogP contribution in [0.3, 0.4) is 0 Å². The van der Waals surface area contributed by atoms with E-state index in [2.05, 4.69) is 55.6 Å². The Balaban J connectivity index is 1.69. The maximum atomic E-state index is 13.3. The molecule has 9 N–H and O–H groups in total. The Morgan fingerprint density at radius 3 is 1.15 bits per heavy atom. The van der Waals surface area contributed by atoms with Crippen molar-refractivity contribution in [1.82, 2.24) is 5.32 Å². The van der Waals surface area contributed by atoms with E-state index in [1.807, 2.05) is 6.08 Å². The van der Waals surface area contributed by atoms with E-state index in [4.69, 9.17) is 18.9 Å². The van der Waals surface area contributed by atoms with Gasteiger partial charge in [-0.3, -0.25) is 4.79 Å². The van der Waals surface area contributed by atoms with Crippen molar-refractivity contribution in [2.24, 2.45) is 0 Å². The Labute approximate surface area is 518 Å². The summed E-state index contributed by atoms with van der Waals surface area (Å²) in [5.41, 5.74) is 0. The van der Waals surface area contributed by atoms with Crippen molar-refractivity contribution in [3.63, 3.8) is 0 Å². The predicted molar refractivity (Wildman–Crippen MR) is 346 cm³/mol. The Morgan fingerprint density at radius 1 is 0.412 bits per heavy atom. The van der Waals surface area contributed by atoms with E-state index in [0.29, 0.717) is 12.8 Å². The van der Waals surface area contributed by atoms with Crippen molar-refractivity contribution in [3.05, 3.63) is 48.6 Å². The normalized spacial score (nSPS) is 23.8. The van der Waals surface area contributed by atoms with E-state index < -0.39 is 86.8 Å². The Morgan fingerprint density at radius 2 is 0.753 bits per heavy atom. The molecule has 2 heterocycles. The summed E-state index contributed by atoms with van der Waals surface area (Å²) in [6, 6.07) is -0.939. The van der Waals surface area contributed by atoms with Gasteiger partial charge in [0.05, 0.1) is 32.0 Å². The zero-order chi connectivity index (χ0) is 61.6. The van der Waals surface area contributed by atoms with Gasteiger partial charge in [-0.25, -0.2) is 0 Å². The maximum Gasteiger partial charge on any atom is 0.220 e. The summed E-state index contributed by atoms with van der Waals surface area (Å²) in [5.74, 6) is -0.249. The molecule has 2 fully saturated rings. The van der Waals surface area contributed by atoms with Crippen LogP contribution in [0.5, 0.6) is 0 Å². The molecule has 2 aliphatic heterocycles. The fourth-order valence-corrected chi connectivity index (χ4v) is 11.6. The van der Waals surface area contributed by atoms with Gasteiger partial charge in [-0.15, -0.1) is 0 Å². The average Bonchev–Trinajstić information content (AvgIpc) is 3.69. The Kier molecular flexibility index (Phi) is 52.1. The van der Waals surface area contributed by atoms with Gasteiger partial charge in [0.2, 0.25) is 5.91 Å². The second-order valence-electron chi connectivity index (χ2n) is 25.0. The summed E-state index contributed by atoms with van der Waals surface area (Å²) < 4.78 is 22.8. The van der Waals surface area contributed by atoms with Crippen molar-refractivity contribution in [1.29, 1.82) is 0 Å². The summed E-state index contributed by atoms with van der Waals surface area (Å²) >= 11 is 0. The lowest BCUT2D eigenvalue weighted by atomic mass is 9.97. The molecular weight excluding hydrogens is 1070 g/mol. The molecule has 0 aromatic rings. The minimum Gasteiger partial charge on any atom is -0.394 e. The summed E-state index contributed by atoms with van der Waals surface area (Å²) in [4.78, 5) is 13.3. The van der Waals surface area contributed by atoms with E-state index in [9.17, 15) is 45.6 Å². The molecule has 14 heteroatoms. The van der Waals surface area contributed by atoms with Crippen LogP contribution in [-0.2, 0) is 23.7 Å². The van der Waals surface area contributed by atoms with Crippen molar-refractivity contribution in [3.8, 4) is 0 Å². The lowest BCUT2D eigenvalue weighted by Crippen LogP contribution is -2.65. The number of nitrogens with one attached hydrogen (secondary N) is 1. The van der Waals surface area contributed by atoms with Crippen LogP contribution in [0.25, 0.3) is 0 Å². The zero-order valence-corrected chi connectivity index (χ0v) is 54.1. The quantitative estimate of drug-likeness (QED) is 0.0204. The first kappa shape index (κ1) is 79.0. The SMILES string of the molecule is CCCCCCCCCC/C=C\CCCCCCCCCCCCCCCCCCCC(=O)NC(COC1OC(CO)C(OC2OC(CO)C(O)C(O)C2O)C(O)C1O)C(O)/C=C/CC/C=C/CC/C=C/CCCCCCCCCCCCCC. The molecule has 14 nitrogen and oxygen atoms in total. The summed E-state index contributed by atoms with van der Waals surface area (Å²) in [6.45, 7) is 2.81. The van der Waals surface area contributed by atoms with Crippen LogP contribution in [0.15, 0.2) is 48.6 Å². The molecule has 2 rings (SSSR count). The molecule has 12 atom stereocenters. The first-order valence-electron chi connectivity index (χ1n) is 35.4. The third-order valence-electron chi connectivity index (χ3n) is 17.2. The number of carbonyl (C=O) groups is 1. The summed E-state index contributed by atoms with van der Waals surface area (Å²) in [5, 5.41) is 87.4. The molecule has 1 amide bonds. The average molecular weight is 1210 g/mol. The van der Waals surface area contributed by atoms with Crippen molar-refractivity contribution in [2.45, 2.75) is 376 Å². The van der Waals surface area contributed by atoms with Gasteiger partial charge < -0.3 is 65.1 Å². The molecule has 0 aromatic heterocycles. The molecule has 498 valence electrons. The molecular formula is C71H131NO13. The zero-order valence-electron chi connectivity index (χ0n) is 54.1. The predicted octanol–water partition coefficient (Wildman–Crippen LogP) is 14.3. The van der Waals surface area contributed by atoms with Crippen LogP contribution in [-0.4, -0.2) is 140 Å². The fourth-order valence-electron chi connectivity index (χ4n) is 11.6. The van der Waals surface area contributed by atoms with Gasteiger partial charge in [0.1, 0.15) is 48.8 Å². The number of ether oxygens (including phenoxy) is 4. The van der Waals surface area contributed by atoms with Crippen molar-refractivity contribution >= 4 is 5.91 Å². The lowest BCUT2D eigenvalue weighted by Gasteiger charge is -2.46. The van der Waals surface area contributed by atoms with Crippen LogP contribution < -0.4 is 5.32 Å². The van der Waals surface area contributed by atoms with E-state index in [-0.39, 0.29) is 18.9 Å². The Hall–Kier alpha value is -2.05. The van der Waals surface area contributed by atoms with Crippen molar-refractivity contribution in [2.75, 3.05) is 19.8 Å². The number of allylic oxidation sites excluding steroid dienone is 7. The lowest BCUT2D eigenvalue weighted by molar-refractivity contribution is -0.359. The second-order valence-corrected chi connectivity index (χ2v) is 25.0. The summed E-state index contributed by atoms with van der Waals surface area (Å²) in [6.07, 6.45) is 56.0. The third kappa shape index (κ3) is 40.3. The fraction of sp³-hybridized carbons (Fsp3) is 0.873. The largest absolute Gasteiger partial charge is 0.394 e. The molecule has 0 saturated carbocycles. The van der Waals surface area contributed by atoms with Gasteiger partial charge in [0.15, 0.2) is 12.6 Å². The van der Waals surface area contributed by atoms with Crippen LogP contribution in [0.4, 0.5) is 0 Å². The monoisotopic (exact) mass is 1210 g/mol. The molecule has 0 aromatic carbocycles. The highest BCUT2D eigenvalue weighted by atomic mass is 16.7. The number of aliphatic hydroxyl groups excluding tert-OH is 8. The second kappa shape index (κ2) is 56.0. The van der Waals surface area contributed by atoms with Gasteiger partial charge in [-0.05, 0) is 70.6 Å². The molecule has 85 heavy (non-hydrogen) atoms. The van der Waals surface area contributed by atoms with Gasteiger partial charge in [0.25, 0.3) is 0 Å². The number of aliphatic hydroxyl groups is 8. The number of rotatable bonds is 58. The molecule has 2 saturated heterocycles. The van der Waals surface area contributed by atoms with Crippen LogP contribution >= 0.6 is 0 Å². The third-order valence-corrected chi connectivity index (χ3v) is 17.2. The summed E-state index contributed by atoms with van der Waals surface area (Å²) in [7, 11) is 0. The highest BCUT2D eigenvalue weighted by molar-refractivity contribution is 5.76. The standard InChI is InChI=1S/C71H131NO13/c1-3-5-7-9-11-13-15-17-19-21-23-25-27-28-29-30-31-32-33-35-37-39-41-43-45-47-49-51-53-55-63(76)72-59(58-82-70-68(81)66(79)69(62(57-74)84-70)85-71-67(80)65(78)64(77)61(56-73)83-71)60(75)54-52-50-48-46-44-42-40-38-36-34-26-24-22-20-18-16-14-12-10-8-6-4-2/h21,23,36,38,44,46,52,54,59-62,64-71,73-75,77-81H,3-20,22,24-35,37,39-43,45,47-51,53,55-58H2,1-2H3,(H,72,76)/b23-21-,38-36+,46-44+,54-52+. The van der Waals surface area contributed by atoms with Gasteiger partial charge in [-0.1, -0.05) is 274 Å². The Bertz CT molecular complexity index is 1610. The van der Waals surface area contributed by atoms with E-state index >= 15 is 0 Å². The highest BCUT2D eigenvalue weighted by Crippen LogP contribution is 2.30. The molecule has 0 aliphatic carbocycles. The number of unbranched alkanes of at least 4 members (excludes halogenated alkanes) is 39. The first-order valence-corrected chi connectivity index (χ1v) is 35.4. The van der Waals surface area contributed by atoms with Gasteiger partial charge >= 0.3 is 0 Å². The minimum absolute atomic E-state index is 0.249. The smallest absolute Gasteiger partial charge is 0.220 e. The van der Waals surface area contributed by atoms with Crippen LogP contribution in [0, 0.1) is 0 Å². The maximum absolute atomic E-state index is 13.3. The number of hydrogen-bond donors (Lipinski definition) is 9. The van der Waals surface area contributed by atoms with E-state index in [1.165, 1.54) is 225 Å². The topological polar surface area (TPSA) is 228 Å². The van der Waals surface area contributed by atoms with E-state index in [0.717, 1.165) is 44.9 Å². The van der Waals surface area contributed by atoms with Gasteiger partial charge in [0, 0.05) is 6.42 Å². The minimum atomic E-state index is -1.79. The molecule has 2 aliphatic rings. The van der Waals surface area contributed by atoms with E-state index in [1.54, 1.807) is 6.08 Å². The molecule has 12 unspecified atom stereocenters. The van der Waals surface area contributed by atoms with Crippen LogP contribution in [0.1, 0.15) is 303 Å². The number of amides is 1. The molecule has 0 radical (unpaired) electrons. The van der Waals surface area contributed by atoms with Gasteiger partial charge in [-0.2, -0.15) is 0 Å². The number of carbonyl (C=O) groups excluding carboxylic acids is 1. The van der Waals surface area contributed by atoms with Crippen LogP contribution in [0.2, 0.25) is 0 Å².